The van der Waals surface area contributed by atoms with Crippen LogP contribution in [0, 0.1) is 34.5 Å². The van der Waals surface area contributed by atoms with Crippen molar-refractivity contribution in [1.82, 2.24) is 0 Å². The molecule has 0 radical (unpaired) electrons. The fraction of sp³-hybridized carbons (Fsp3) is 0.667. The molecule has 0 aliphatic heterocycles. The maximum atomic E-state index is 13.3. The zero-order chi connectivity index (χ0) is 18.0. The number of carbonyl (C=O) groups is 3. The van der Waals surface area contributed by atoms with Gasteiger partial charge in [0.1, 0.15) is 12.4 Å². The van der Waals surface area contributed by atoms with Crippen molar-refractivity contribution in [2.75, 3.05) is 6.61 Å². The number of carbonyl (C=O) groups excluding carboxylic acids is 3. The van der Waals surface area contributed by atoms with Gasteiger partial charge in [-0.1, -0.05) is 25.5 Å². The first-order valence-electron chi connectivity index (χ1n) is 9.42. The highest BCUT2D eigenvalue weighted by molar-refractivity contribution is 6.01. The molecule has 4 aliphatic carbocycles. The van der Waals surface area contributed by atoms with Crippen LogP contribution in [-0.2, 0) is 14.4 Å². The fourth-order valence-electron chi connectivity index (χ4n) is 6.67. The van der Waals surface area contributed by atoms with E-state index < -0.39 is 6.61 Å². The Bertz CT molecular complexity index is 717. The number of allylic oxidation sites excluding steroid dienone is 4. The summed E-state index contributed by atoms with van der Waals surface area (Å²) >= 11 is 0. The van der Waals surface area contributed by atoms with Crippen molar-refractivity contribution in [2.24, 2.45) is 34.5 Å². The van der Waals surface area contributed by atoms with Crippen molar-refractivity contribution >= 4 is 17.3 Å². The van der Waals surface area contributed by atoms with Gasteiger partial charge in [0.05, 0.1) is 0 Å². The lowest BCUT2D eigenvalue weighted by Crippen LogP contribution is -2.54. The summed E-state index contributed by atoms with van der Waals surface area (Å²) < 4.78 is 0. The molecule has 1 unspecified atom stereocenters. The smallest absolute Gasteiger partial charge is 0.178 e. The normalized spacial score (nSPS) is 45.5. The Morgan fingerprint density at radius 3 is 2.72 bits per heavy atom. The molecule has 0 saturated heterocycles. The van der Waals surface area contributed by atoms with E-state index in [1.54, 1.807) is 12.2 Å². The first-order valence-corrected chi connectivity index (χ1v) is 9.42. The molecule has 0 aromatic carbocycles. The minimum atomic E-state index is -0.426. The Morgan fingerprint density at radius 1 is 1.24 bits per heavy atom. The van der Waals surface area contributed by atoms with Crippen molar-refractivity contribution < 1.29 is 19.5 Å². The summed E-state index contributed by atoms with van der Waals surface area (Å²) in [7, 11) is 0. The Morgan fingerprint density at radius 2 is 2.00 bits per heavy atom. The number of aliphatic hydroxyl groups excluding tert-OH is 1. The van der Waals surface area contributed by atoms with E-state index in [0.717, 1.165) is 31.3 Å². The quantitative estimate of drug-likeness (QED) is 0.837. The molecule has 0 bridgehead atoms. The van der Waals surface area contributed by atoms with Crippen LogP contribution in [0.25, 0.3) is 0 Å². The van der Waals surface area contributed by atoms with E-state index >= 15 is 0 Å². The third-order valence-corrected chi connectivity index (χ3v) is 7.80. The number of ketones is 3. The van der Waals surface area contributed by atoms with Crippen LogP contribution in [-0.4, -0.2) is 29.1 Å². The minimum absolute atomic E-state index is 0.0218. The van der Waals surface area contributed by atoms with E-state index in [9.17, 15) is 19.5 Å². The average molecular weight is 342 g/mol. The van der Waals surface area contributed by atoms with Crippen LogP contribution in [0.5, 0.6) is 0 Å². The second-order valence-corrected chi connectivity index (χ2v) is 8.88. The summed E-state index contributed by atoms with van der Waals surface area (Å²) in [5.41, 5.74) is 0.428. The van der Waals surface area contributed by atoms with Crippen LogP contribution >= 0.6 is 0 Å². The van der Waals surface area contributed by atoms with E-state index in [1.165, 1.54) is 0 Å². The monoisotopic (exact) mass is 342 g/mol. The molecule has 0 aromatic heterocycles. The third-order valence-electron chi connectivity index (χ3n) is 7.80. The largest absolute Gasteiger partial charge is 0.389 e. The van der Waals surface area contributed by atoms with Gasteiger partial charge in [-0.25, -0.2) is 0 Å². The second-order valence-electron chi connectivity index (χ2n) is 8.88. The van der Waals surface area contributed by atoms with Gasteiger partial charge in [-0.3, -0.25) is 14.4 Å². The van der Waals surface area contributed by atoms with Gasteiger partial charge >= 0.3 is 0 Å². The van der Waals surface area contributed by atoms with E-state index in [1.807, 2.05) is 6.08 Å². The van der Waals surface area contributed by atoms with Crippen molar-refractivity contribution in [3.05, 3.63) is 23.8 Å². The van der Waals surface area contributed by atoms with Gasteiger partial charge < -0.3 is 5.11 Å². The highest BCUT2D eigenvalue weighted by atomic mass is 16.3. The van der Waals surface area contributed by atoms with Crippen molar-refractivity contribution in [1.29, 1.82) is 0 Å². The topological polar surface area (TPSA) is 71.4 Å². The van der Waals surface area contributed by atoms with Crippen LogP contribution in [0.2, 0.25) is 0 Å². The molecule has 134 valence electrons. The standard InChI is InChI=1S/C21H26O4/c1-20-8-7-13(23)9-12(20)3-4-14-15-5-6-16(18(25)11-22)21(15,2)10-17(24)19(14)20/h7-9,14-16,19,22H,3-6,10-11H2,1-2H3/t14-,15-,16?,19+,20-,21-/m0/s1. The predicted octanol–water partition coefficient (Wildman–Crippen LogP) is 2.65. The lowest BCUT2D eigenvalue weighted by Gasteiger charge is -2.55. The van der Waals surface area contributed by atoms with E-state index in [-0.39, 0.29) is 45.9 Å². The molecule has 0 heterocycles. The SMILES string of the molecule is C[C@]12C=CC(=O)C=C1CC[C@@H]1[C@@H]2C(=O)C[C@]2(C)C(C(=O)CO)CC[C@@H]12. The van der Waals surface area contributed by atoms with Gasteiger partial charge in [0.15, 0.2) is 11.6 Å². The molecule has 4 nitrogen and oxygen atoms in total. The zero-order valence-electron chi connectivity index (χ0n) is 15.0. The molecule has 0 spiro atoms. The van der Waals surface area contributed by atoms with Crippen molar-refractivity contribution in [2.45, 2.75) is 46.0 Å². The Hall–Kier alpha value is -1.55. The van der Waals surface area contributed by atoms with Crippen LogP contribution in [0.3, 0.4) is 0 Å². The molecule has 4 aliphatic rings. The lowest BCUT2D eigenvalue weighted by atomic mass is 9.47. The summed E-state index contributed by atoms with van der Waals surface area (Å²) in [6, 6.07) is 0. The maximum absolute atomic E-state index is 13.3. The highest BCUT2D eigenvalue weighted by Gasteiger charge is 2.62. The van der Waals surface area contributed by atoms with Gasteiger partial charge in [-0.05, 0) is 55.1 Å². The molecule has 25 heavy (non-hydrogen) atoms. The Balaban J connectivity index is 1.73. The van der Waals surface area contributed by atoms with Crippen LogP contribution in [0.1, 0.15) is 46.0 Å². The molecular formula is C21H26O4. The molecule has 3 saturated carbocycles. The average Bonchev–Trinajstić information content (AvgIpc) is 2.91. The van der Waals surface area contributed by atoms with Crippen LogP contribution in [0.15, 0.2) is 23.8 Å². The molecule has 3 fully saturated rings. The number of Topliss-reactive ketones (excluding diaryl/α,β-unsaturated/α-hetero) is 2. The summed E-state index contributed by atoms with van der Waals surface area (Å²) in [6.45, 7) is 3.76. The molecule has 0 aromatic rings. The van der Waals surface area contributed by atoms with Crippen molar-refractivity contribution in [3.63, 3.8) is 0 Å². The maximum Gasteiger partial charge on any atom is 0.178 e. The fourth-order valence-corrected chi connectivity index (χ4v) is 6.67. The van der Waals surface area contributed by atoms with Crippen molar-refractivity contribution in [3.8, 4) is 0 Å². The van der Waals surface area contributed by atoms with Gasteiger partial charge in [0.2, 0.25) is 0 Å². The number of aliphatic hydroxyl groups is 1. The minimum Gasteiger partial charge on any atom is -0.389 e. The number of hydrogen-bond acceptors (Lipinski definition) is 4. The first kappa shape index (κ1) is 16.9. The molecule has 4 rings (SSSR count). The van der Waals surface area contributed by atoms with E-state index in [2.05, 4.69) is 13.8 Å². The van der Waals surface area contributed by atoms with Crippen LogP contribution in [0.4, 0.5) is 0 Å². The lowest BCUT2D eigenvalue weighted by molar-refractivity contribution is -0.146. The summed E-state index contributed by atoms with van der Waals surface area (Å²) in [4.78, 5) is 37.3. The molecule has 0 amide bonds. The number of fused-ring (bicyclic) bond motifs is 5. The van der Waals surface area contributed by atoms with Gasteiger partial charge in [0.25, 0.3) is 0 Å². The molecule has 6 atom stereocenters. The molecule has 1 N–H and O–H groups in total. The summed E-state index contributed by atoms with van der Waals surface area (Å²) in [5.74, 6) is 0.477. The molecular weight excluding hydrogens is 316 g/mol. The van der Waals surface area contributed by atoms with E-state index in [0.29, 0.717) is 12.3 Å². The zero-order valence-corrected chi connectivity index (χ0v) is 15.0. The van der Waals surface area contributed by atoms with E-state index in [4.69, 9.17) is 0 Å². The molecule has 4 heteroatoms. The van der Waals surface area contributed by atoms with Gasteiger partial charge in [0, 0.05) is 23.7 Å². The summed E-state index contributed by atoms with van der Waals surface area (Å²) in [6.07, 6.45) is 9.21. The first-order chi connectivity index (χ1) is 11.8. The predicted molar refractivity (Wildman–Crippen MR) is 92.6 cm³/mol. The Labute approximate surface area is 148 Å². The Kier molecular flexibility index (Phi) is 3.70. The third kappa shape index (κ3) is 2.19. The highest BCUT2D eigenvalue weighted by Crippen LogP contribution is 2.64. The van der Waals surface area contributed by atoms with Gasteiger partial charge in [-0.2, -0.15) is 0 Å². The second kappa shape index (κ2) is 5.47. The number of rotatable bonds is 2. The summed E-state index contributed by atoms with van der Waals surface area (Å²) in [5, 5.41) is 9.34. The van der Waals surface area contributed by atoms with Crippen LogP contribution < -0.4 is 0 Å². The number of hydrogen-bond donors (Lipinski definition) is 1. The van der Waals surface area contributed by atoms with Gasteiger partial charge in [-0.15, -0.1) is 0 Å².